The lowest BCUT2D eigenvalue weighted by Crippen LogP contribution is -2.35. The van der Waals surface area contributed by atoms with Crippen molar-refractivity contribution in [2.24, 2.45) is 11.5 Å². The maximum atomic E-state index is 10.7. The third-order valence-corrected chi connectivity index (χ3v) is 2.16. The molecule has 0 bridgehead atoms. The van der Waals surface area contributed by atoms with E-state index in [-0.39, 0.29) is 18.5 Å². The Bertz CT molecular complexity index is 313. The number of nitrogens with two attached hydrogens (primary N) is 2. The fourth-order valence-electron chi connectivity index (χ4n) is 1.47. The van der Waals surface area contributed by atoms with Gasteiger partial charge in [-0.15, -0.1) is 0 Å². The van der Waals surface area contributed by atoms with E-state index in [0.717, 1.165) is 5.56 Å². The molecule has 0 aromatic heterocycles. The van der Waals surface area contributed by atoms with Crippen LogP contribution < -0.4 is 11.5 Å². The molecular formula is C11H17N3O. The van der Waals surface area contributed by atoms with Gasteiger partial charge in [0.2, 0.25) is 5.91 Å². The summed E-state index contributed by atoms with van der Waals surface area (Å²) < 4.78 is 0. The van der Waals surface area contributed by atoms with Gasteiger partial charge in [0.05, 0.1) is 6.54 Å². The number of carbonyl (C=O) groups excluding carboxylic acids is 1. The molecule has 0 radical (unpaired) electrons. The molecule has 1 unspecified atom stereocenters. The number of primary amides is 1. The van der Waals surface area contributed by atoms with Gasteiger partial charge >= 0.3 is 0 Å². The topological polar surface area (TPSA) is 72.3 Å². The minimum atomic E-state index is -0.335. The molecule has 4 N–H and O–H groups in total. The minimum absolute atomic E-state index is 0.0875. The first-order valence-electron chi connectivity index (χ1n) is 4.87. The van der Waals surface area contributed by atoms with Crippen LogP contribution in [0.2, 0.25) is 0 Å². The number of nitrogens with zero attached hydrogens (tertiary/aromatic N) is 1. The molecule has 1 rings (SSSR count). The summed E-state index contributed by atoms with van der Waals surface area (Å²) in [6, 6.07) is 9.71. The van der Waals surface area contributed by atoms with E-state index < -0.39 is 0 Å². The monoisotopic (exact) mass is 207 g/mol. The Morgan fingerprint density at radius 2 is 2.00 bits per heavy atom. The van der Waals surface area contributed by atoms with Crippen LogP contribution in [0.5, 0.6) is 0 Å². The van der Waals surface area contributed by atoms with Crippen LogP contribution >= 0.6 is 0 Å². The molecule has 4 heteroatoms. The van der Waals surface area contributed by atoms with E-state index in [9.17, 15) is 4.79 Å². The number of rotatable bonds is 5. The van der Waals surface area contributed by atoms with Gasteiger partial charge < -0.3 is 11.5 Å². The molecule has 0 fully saturated rings. The number of amides is 1. The number of likely N-dealkylation sites (N-methyl/N-ethyl adjacent to an activating group) is 1. The molecule has 0 aliphatic rings. The van der Waals surface area contributed by atoms with Gasteiger partial charge in [0, 0.05) is 12.6 Å². The van der Waals surface area contributed by atoms with Gasteiger partial charge in [-0.2, -0.15) is 0 Å². The number of benzene rings is 1. The lowest BCUT2D eigenvalue weighted by atomic mass is 10.1. The first kappa shape index (κ1) is 11.7. The van der Waals surface area contributed by atoms with Gasteiger partial charge in [-0.25, -0.2) is 0 Å². The second kappa shape index (κ2) is 5.48. The van der Waals surface area contributed by atoms with E-state index in [0.29, 0.717) is 6.54 Å². The van der Waals surface area contributed by atoms with Crippen molar-refractivity contribution < 1.29 is 4.79 Å². The Balaban J connectivity index is 2.49. The first-order valence-corrected chi connectivity index (χ1v) is 4.87. The van der Waals surface area contributed by atoms with Crippen molar-refractivity contribution in [2.45, 2.75) is 6.04 Å². The van der Waals surface area contributed by atoms with Crippen LogP contribution in [-0.4, -0.2) is 30.9 Å². The van der Waals surface area contributed by atoms with Gasteiger partial charge in [-0.3, -0.25) is 9.69 Å². The third-order valence-electron chi connectivity index (χ3n) is 2.16. The molecule has 0 aliphatic heterocycles. The van der Waals surface area contributed by atoms with E-state index in [1.807, 2.05) is 42.3 Å². The fraction of sp³-hybridized carbons (Fsp3) is 0.364. The average molecular weight is 207 g/mol. The zero-order valence-corrected chi connectivity index (χ0v) is 8.89. The van der Waals surface area contributed by atoms with Crippen LogP contribution in [0.1, 0.15) is 11.6 Å². The van der Waals surface area contributed by atoms with Crippen molar-refractivity contribution in [3.05, 3.63) is 35.9 Å². The molecule has 1 amide bonds. The molecule has 0 aliphatic carbocycles. The predicted molar refractivity (Wildman–Crippen MR) is 60.1 cm³/mol. The maximum absolute atomic E-state index is 10.7. The zero-order valence-electron chi connectivity index (χ0n) is 8.89. The van der Waals surface area contributed by atoms with Crippen LogP contribution in [-0.2, 0) is 4.79 Å². The maximum Gasteiger partial charge on any atom is 0.231 e. The normalized spacial score (nSPS) is 12.7. The van der Waals surface area contributed by atoms with Gasteiger partial charge in [0.1, 0.15) is 0 Å². The summed E-state index contributed by atoms with van der Waals surface area (Å²) >= 11 is 0. The second-order valence-electron chi connectivity index (χ2n) is 3.68. The molecule has 0 saturated heterocycles. The number of hydrogen-bond donors (Lipinski definition) is 2. The molecule has 1 aromatic rings. The van der Waals surface area contributed by atoms with Crippen LogP contribution in [0.3, 0.4) is 0 Å². The quantitative estimate of drug-likeness (QED) is 0.719. The number of carbonyl (C=O) groups is 1. The molecule has 4 nitrogen and oxygen atoms in total. The summed E-state index contributed by atoms with van der Waals surface area (Å²) in [5.41, 5.74) is 12.1. The summed E-state index contributed by atoms with van der Waals surface area (Å²) in [5.74, 6) is -0.335. The highest BCUT2D eigenvalue weighted by Gasteiger charge is 2.09. The van der Waals surface area contributed by atoms with E-state index in [1.165, 1.54) is 0 Å². The summed E-state index contributed by atoms with van der Waals surface area (Å²) in [7, 11) is 1.83. The Morgan fingerprint density at radius 1 is 1.40 bits per heavy atom. The van der Waals surface area contributed by atoms with E-state index in [4.69, 9.17) is 11.5 Å². The van der Waals surface area contributed by atoms with Gasteiger partial charge in [-0.1, -0.05) is 30.3 Å². The minimum Gasteiger partial charge on any atom is -0.369 e. The van der Waals surface area contributed by atoms with Gasteiger partial charge in [0.15, 0.2) is 0 Å². The smallest absolute Gasteiger partial charge is 0.231 e. The molecule has 0 spiro atoms. The Kier molecular flexibility index (Phi) is 4.27. The highest BCUT2D eigenvalue weighted by atomic mass is 16.1. The fourth-order valence-corrected chi connectivity index (χ4v) is 1.47. The van der Waals surface area contributed by atoms with Crippen LogP contribution in [0.25, 0.3) is 0 Å². The Labute approximate surface area is 89.9 Å². The van der Waals surface area contributed by atoms with E-state index in [2.05, 4.69) is 0 Å². The lowest BCUT2D eigenvalue weighted by molar-refractivity contribution is -0.118. The highest BCUT2D eigenvalue weighted by molar-refractivity contribution is 5.75. The summed E-state index contributed by atoms with van der Waals surface area (Å²) in [5, 5.41) is 0. The van der Waals surface area contributed by atoms with Crippen molar-refractivity contribution >= 4 is 5.91 Å². The second-order valence-corrected chi connectivity index (χ2v) is 3.68. The van der Waals surface area contributed by atoms with Gasteiger partial charge in [0.25, 0.3) is 0 Å². The summed E-state index contributed by atoms with van der Waals surface area (Å²) in [6.07, 6.45) is 0. The highest BCUT2D eigenvalue weighted by Crippen LogP contribution is 2.09. The van der Waals surface area contributed by atoms with Crippen molar-refractivity contribution in [3.63, 3.8) is 0 Å². The SMILES string of the molecule is CN(CC(N)=O)CC(N)c1ccccc1. The zero-order chi connectivity index (χ0) is 11.3. The molecule has 15 heavy (non-hydrogen) atoms. The molecular weight excluding hydrogens is 190 g/mol. The van der Waals surface area contributed by atoms with Crippen LogP contribution in [0.15, 0.2) is 30.3 Å². The average Bonchev–Trinajstić information content (AvgIpc) is 2.17. The van der Waals surface area contributed by atoms with Crippen LogP contribution in [0, 0.1) is 0 Å². The molecule has 1 atom stereocenters. The van der Waals surface area contributed by atoms with E-state index >= 15 is 0 Å². The first-order chi connectivity index (χ1) is 7.09. The Hall–Kier alpha value is -1.39. The van der Waals surface area contributed by atoms with Crippen LogP contribution in [0.4, 0.5) is 0 Å². The van der Waals surface area contributed by atoms with E-state index in [1.54, 1.807) is 0 Å². The van der Waals surface area contributed by atoms with Crippen molar-refractivity contribution in [1.29, 1.82) is 0 Å². The molecule has 1 aromatic carbocycles. The van der Waals surface area contributed by atoms with Crippen molar-refractivity contribution in [2.75, 3.05) is 20.1 Å². The number of hydrogen-bond acceptors (Lipinski definition) is 3. The predicted octanol–water partition coefficient (Wildman–Crippen LogP) is 0.104. The third kappa shape index (κ3) is 4.10. The largest absolute Gasteiger partial charge is 0.369 e. The standard InChI is InChI=1S/C11H17N3O/c1-14(8-11(13)15)7-10(12)9-5-3-2-4-6-9/h2-6,10H,7-8,12H2,1H3,(H2,13,15). The molecule has 82 valence electrons. The molecule has 0 saturated carbocycles. The summed E-state index contributed by atoms with van der Waals surface area (Å²) in [4.78, 5) is 12.5. The molecule has 0 heterocycles. The lowest BCUT2D eigenvalue weighted by Gasteiger charge is -2.19. The Morgan fingerprint density at radius 3 is 2.53 bits per heavy atom. The summed E-state index contributed by atoms with van der Waals surface area (Å²) in [6.45, 7) is 0.855. The van der Waals surface area contributed by atoms with Crippen molar-refractivity contribution in [1.82, 2.24) is 4.90 Å². The van der Waals surface area contributed by atoms with Crippen molar-refractivity contribution in [3.8, 4) is 0 Å². The van der Waals surface area contributed by atoms with Gasteiger partial charge in [-0.05, 0) is 12.6 Å².